The summed E-state index contributed by atoms with van der Waals surface area (Å²) in [5.74, 6) is 1.24. The lowest BCUT2D eigenvalue weighted by atomic mass is 10.3. The molecule has 8 heteroatoms. The Hall–Kier alpha value is -1.70. The zero-order valence-corrected chi connectivity index (χ0v) is 12.5. The molecule has 0 spiro atoms. The first kappa shape index (κ1) is 14.2. The molecule has 0 amide bonds. The monoisotopic (exact) mass is 308 g/mol. The van der Waals surface area contributed by atoms with Crippen LogP contribution in [0.15, 0.2) is 18.3 Å². The third kappa shape index (κ3) is 2.99. The van der Waals surface area contributed by atoms with E-state index in [1.807, 2.05) is 25.3 Å². The Labute approximate surface area is 127 Å². The maximum atomic E-state index is 5.88. The Morgan fingerprint density at radius 3 is 2.71 bits per heavy atom. The van der Waals surface area contributed by atoms with Crippen molar-refractivity contribution >= 4 is 17.3 Å². The van der Waals surface area contributed by atoms with Crippen LogP contribution in [0.2, 0.25) is 5.28 Å². The summed E-state index contributed by atoms with van der Waals surface area (Å²) in [6, 6.07) is 3.63. The Balaban J connectivity index is 1.87. The van der Waals surface area contributed by atoms with Gasteiger partial charge in [0, 0.05) is 13.1 Å². The van der Waals surface area contributed by atoms with E-state index in [1.165, 1.54) is 0 Å². The second-order valence-electron chi connectivity index (χ2n) is 4.91. The van der Waals surface area contributed by atoms with Crippen molar-refractivity contribution in [2.75, 3.05) is 31.2 Å². The SMILES string of the molecule is CC(N)c1nc(Cl)nn1-c1ccc(N2CCOCC2)cn1. The van der Waals surface area contributed by atoms with Crippen LogP contribution in [0.4, 0.5) is 5.69 Å². The first-order valence-corrected chi connectivity index (χ1v) is 7.20. The van der Waals surface area contributed by atoms with Gasteiger partial charge in [0.1, 0.15) is 0 Å². The first-order chi connectivity index (χ1) is 10.1. The van der Waals surface area contributed by atoms with E-state index in [2.05, 4.69) is 20.0 Å². The van der Waals surface area contributed by atoms with Gasteiger partial charge in [0.15, 0.2) is 11.6 Å². The molecule has 3 heterocycles. The Bertz CT molecular complexity index is 606. The van der Waals surface area contributed by atoms with Gasteiger partial charge in [-0.1, -0.05) is 0 Å². The maximum Gasteiger partial charge on any atom is 0.243 e. The molecule has 1 aliphatic rings. The van der Waals surface area contributed by atoms with Gasteiger partial charge in [-0.05, 0) is 30.7 Å². The zero-order chi connectivity index (χ0) is 14.8. The quantitative estimate of drug-likeness (QED) is 0.916. The second kappa shape index (κ2) is 5.97. The fourth-order valence-electron chi connectivity index (χ4n) is 2.27. The molecule has 3 rings (SSSR count). The number of nitrogens with two attached hydrogens (primary N) is 1. The molecule has 0 aliphatic carbocycles. The number of nitrogens with zero attached hydrogens (tertiary/aromatic N) is 5. The van der Waals surface area contributed by atoms with Crippen molar-refractivity contribution < 1.29 is 4.74 Å². The summed E-state index contributed by atoms with van der Waals surface area (Å²) >= 11 is 5.86. The molecule has 2 aromatic heterocycles. The first-order valence-electron chi connectivity index (χ1n) is 6.82. The van der Waals surface area contributed by atoms with Crippen LogP contribution in [-0.4, -0.2) is 46.1 Å². The van der Waals surface area contributed by atoms with E-state index in [-0.39, 0.29) is 11.3 Å². The van der Waals surface area contributed by atoms with Crippen molar-refractivity contribution in [1.29, 1.82) is 0 Å². The van der Waals surface area contributed by atoms with Gasteiger partial charge in [0.2, 0.25) is 5.28 Å². The van der Waals surface area contributed by atoms with Gasteiger partial charge in [-0.15, -0.1) is 5.10 Å². The number of rotatable bonds is 3. The lowest BCUT2D eigenvalue weighted by molar-refractivity contribution is 0.122. The van der Waals surface area contributed by atoms with E-state index in [0.717, 1.165) is 32.0 Å². The lowest BCUT2D eigenvalue weighted by Crippen LogP contribution is -2.36. The minimum absolute atomic E-state index is 0.168. The highest BCUT2D eigenvalue weighted by Gasteiger charge is 2.16. The summed E-state index contributed by atoms with van der Waals surface area (Å²) in [7, 11) is 0. The highest BCUT2D eigenvalue weighted by atomic mass is 35.5. The van der Waals surface area contributed by atoms with Crippen molar-refractivity contribution in [2.45, 2.75) is 13.0 Å². The number of hydrogen-bond donors (Lipinski definition) is 1. The fourth-order valence-corrected chi connectivity index (χ4v) is 2.44. The van der Waals surface area contributed by atoms with Crippen molar-refractivity contribution in [3.63, 3.8) is 0 Å². The number of hydrogen-bond acceptors (Lipinski definition) is 6. The minimum atomic E-state index is -0.272. The molecule has 1 atom stereocenters. The molecular formula is C13H17ClN6O. The molecule has 1 fully saturated rings. The molecule has 0 saturated carbocycles. The minimum Gasteiger partial charge on any atom is -0.378 e. The number of ether oxygens (including phenoxy) is 1. The van der Waals surface area contributed by atoms with E-state index >= 15 is 0 Å². The summed E-state index contributed by atoms with van der Waals surface area (Å²) in [6.07, 6.45) is 1.82. The van der Waals surface area contributed by atoms with Crippen LogP contribution in [-0.2, 0) is 4.74 Å². The Kier molecular flexibility index (Phi) is 4.05. The summed E-state index contributed by atoms with van der Waals surface area (Å²) in [6.45, 7) is 5.08. The van der Waals surface area contributed by atoms with E-state index in [9.17, 15) is 0 Å². The molecular weight excluding hydrogens is 292 g/mol. The summed E-state index contributed by atoms with van der Waals surface area (Å²) in [5, 5.41) is 4.31. The van der Waals surface area contributed by atoms with Crippen molar-refractivity contribution in [3.05, 3.63) is 29.4 Å². The van der Waals surface area contributed by atoms with Crippen LogP contribution in [0.5, 0.6) is 0 Å². The molecule has 7 nitrogen and oxygen atoms in total. The van der Waals surface area contributed by atoms with Gasteiger partial charge < -0.3 is 15.4 Å². The van der Waals surface area contributed by atoms with Gasteiger partial charge in [0.05, 0.1) is 31.1 Å². The van der Waals surface area contributed by atoms with Gasteiger partial charge in [-0.2, -0.15) is 9.67 Å². The number of anilines is 1. The summed E-state index contributed by atoms with van der Waals surface area (Å²) < 4.78 is 6.93. The molecule has 1 unspecified atom stereocenters. The zero-order valence-electron chi connectivity index (χ0n) is 11.7. The number of aromatic nitrogens is 4. The number of pyridine rings is 1. The van der Waals surface area contributed by atoms with Crippen LogP contribution < -0.4 is 10.6 Å². The van der Waals surface area contributed by atoms with E-state index < -0.39 is 0 Å². The van der Waals surface area contributed by atoms with E-state index in [0.29, 0.717) is 11.6 Å². The molecule has 1 saturated heterocycles. The molecule has 0 aromatic carbocycles. The highest BCUT2D eigenvalue weighted by molar-refractivity contribution is 6.28. The van der Waals surface area contributed by atoms with Crippen molar-refractivity contribution in [2.24, 2.45) is 5.73 Å². The maximum absolute atomic E-state index is 5.88. The fraction of sp³-hybridized carbons (Fsp3) is 0.462. The summed E-state index contributed by atoms with van der Waals surface area (Å²) in [4.78, 5) is 10.8. The molecule has 1 aliphatic heterocycles. The molecule has 0 radical (unpaired) electrons. The lowest BCUT2D eigenvalue weighted by Gasteiger charge is -2.28. The topological polar surface area (TPSA) is 82.1 Å². The average Bonchev–Trinajstić information content (AvgIpc) is 2.91. The van der Waals surface area contributed by atoms with Gasteiger partial charge in [-0.3, -0.25) is 0 Å². The molecule has 112 valence electrons. The normalized spacial score (nSPS) is 17.0. The average molecular weight is 309 g/mol. The number of halogens is 1. The standard InChI is InChI=1S/C13H17ClN6O/c1-9(15)12-17-13(14)18-20(12)11-3-2-10(8-16-11)19-4-6-21-7-5-19/h2-3,8-9H,4-7,15H2,1H3. The van der Waals surface area contributed by atoms with Crippen molar-refractivity contribution in [1.82, 2.24) is 19.7 Å². The van der Waals surface area contributed by atoms with E-state index in [1.54, 1.807) is 4.68 Å². The van der Waals surface area contributed by atoms with Crippen LogP contribution in [0.3, 0.4) is 0 Å². The van der Waals surface area contributed by atoms with Crippen LogP contribution >= 0.6 is 11.6 Å². The predicted octanol–water partition coefficient (Wildman–Crippen LogP) is 1.17. The third-order valence-electron chi connectivity index (χ3n) is 3.34. The van der Waals surface area contributed by atoms with Crippen molar-refractivity contribution in [3.8, 4) is 5.82 Å². The number of morpholine rings is 1. The smallest absolute Gasteiger partial charge is 0.243 e. The van der Waals surface area contributed by atoms with Crippen LogP contribution in [0, 0.1) is 0 Å². The molecule has 0 bridgehead atoms. The van der Waals surface area contributed by atoms with Gasteiger partial charge >= 0.3 is 0 Å². The molecule has 2 aromatic rings. The Morgan fingerprint density at radius 1 is 1.33 bits per heavy atom. The summed E-state index contributed by atoms with van der Waals surface area (Å²) in [5.41, 5.74) is 6.95. The molecule has 21 heavy (non-hydrogen) atoms. The van der Waals surface area contributed by atoms with Crippen LogP contribution in [0.1, 0.15) is 18.8 Å². The third-order valence-corrected chi connectivity index (χ3v) is 3.50. The largest absolute Gasteiger partial charge is 0.378 e. The van der Waals surface area contributed by atoms with Gasteiger partial charge in [-0.25, -0.2) is 4.98 Å². The van der Waals surface area contributed by atoms with E-state index in [4.69, 9.17) is 22.1 Å². The highest BCUT2D eigenvalue weighted by Crippen LogP contribution is 2.19. The predicted molar refractivity (Wildman–Crippen MR) is 79.8 cm³/mol. The Morgan fingerprint density at radius 2 is 2.10 bits per heavy atom. The molecule has 2 N–H and O–H groups in total. The second-order valence-corrected chi connectivity index (χ2v) is 5.25. The van der Waals surface area contributed by atoms with Gasteiger partial charge in [0.25, 0.3) is 0 Å². The van der Waals surface area contributed by atoms with Crippen LogP contribution in [0.25, 0.3) is 5.82 Å².